The Balaban J connectivity index is 1.35. The van der Waals surface area contributed by atoms with Gasteiger partial charge in [-0.2, -0.15) is 18.3 Å². The van der Waals surface area contributed by atoms with Crippen LogP contribution in [0.4, 0.5) is 13.2 Å². The zero-order valence-corrected chi connectivity index (χ0v) is 18.7. The van der Waals surface area contributed by atoms with Crippen molar-refractivity contribution in [3.63, 3.8) is 0 Å². The normalized spacial score (nSPS) is 15.6. The number of halogens is 3. The van der Waals surface area contributed by atoms with E-state index in [2.05, 4.69) is 25.0 Å². The van der Waals surface area contributed by atoms with E-state index >= 15 is 0 Å². The number of rotatable bonds is 8. The topological polar surface area (TPSA) is 106 Å². The summed E-state index contributed by atoms with van der Waals surface area (Å²) in [6.07, 6.45) is 4.20. The fourth-order valence-electron chi connectivity index (χ4n) is 3.95. The fraction of sp³-hybridized carbons (Fsp3) is 0.364. The van der Waals surface area contributed by atoms with Crippen molar-refractivity contribution in [2.24, 2.45) is 5.92 Å². The number of hydrogen-bond acceptors (Lipinski definition) is 6. The second-order valence-corrected chi connectivity index (χ2v) is 10.8. The molecule has 4 heterocycles. The molecule has 1 aliphatic rings. The standard InChI is InChI=1S/C22H21F3N6O2S/c23-22(24,25)18(6-8-34(32,33)12-14-1-2-14)15-3-4-19(27-9-15)31-11-16(10-30-31)17-5-7-26-21-20(17)28-13-29-21/h3-5,7,9-11,13-14,18H,1-2,6,8,12H2,(H,26,28,29). The van der Waals surface area contributed by atoms with Crippen LogP contribution in [0.2, 0.25) is 0 Å². The Hall–Kier alpha value is -3.28. The zero-order valence-electron chi connectivity index (χ0n) is 17.9. The summed E-state index contributed by atoms with van der Waals surface area (Å²) in [7, 11) is -3.51. The molecule has 12 heteroatoms. The summed E-state index contributed by atoms with van der Waals surface area (Å²) in [4.78, 5) is 15.6. The maximum Gasteiger partial charge on any atom is 0.395 e. The molecule has 4 aromatic rings. The van der Waals surface area contributed by atoms with Gasteiger partial charge in [-0.1, -0.05) is 6.07 Å². The van der Waals surface area contributed by atoms with E-state index in [9.17, 15) is 21.6 Å². The summed E-state index contributed by atoms with van der Waals surface area (Å²) in [6.45, 7) is 0. The number of fused-ring (bicyclic) bond motifs is 1. The number of imidazole rings is 1. The Bertz CT molecular complexity index is 1410. The van der Waals surface area contributed by atoms with E-state index in [0.29, 0.717) is 17.0 Å². The van der Waals surface area contributed by atoms with Gasteiger partial charge in [-0.25, -0.2) is 28.1 Å². The number of aromatic nitrogens is 6. The zero-order chi connectivity index (χ0) is 23.9. The second-order valence-electron chi connectivity index (χ2n) is 8.52. The first kappa shape index (κ1) is 22.5. The molecule has 0 aliphatic heterocycles. The van der Waals surface area contributed by atoms with Gasteiger partial charge in [-0.3, -0.25) is 0 Å². The minimum Gasteiger partial charge on any atom is -0.329 e. The summed E-state index contributed by atoms with van der Waals surface area (Å²) in [6, 6.07) is 4.57. The summed E-state index contributed by atoms with van der Waals surface area (Å²) in [5.41, 5.74) is 2.79. The van der Waals surface area contributed by atoms with E-state index in [0.717, 1.165) is 30.2 Å². The van der Waals surface area contributed by atoms with Gasteiger partial charge in [0, 0.05) is 29.7 Å². The molecule has 5 rings (SSSR count). The molecule has 1 unspecified atom stereocenters. The molecule has 178 valence electrons. The molecule has 0 amide bonds. The van der Waals surface area contributed by atoms with Crippen LogP contribution >= 0.6 is 0 Å². The molecule has 1 N–H and O–H groups in total. The van der Waals surface area contributed by atoms with Gasteiger partial charge in [0.2, 0.25) is 0 Å². The second kappa shape index (κ2) is 8.49. The minimum absolute atomic E-state index is 0.0293. The Kier molecular flexibility index (Phi) is 5.62. The van der Waals surface area contributed by atoms with Gasteiger partial charge in [0.15, 0.2) is 21.3 Å². The monoisotopic (exact) mass is 490 g/mol. The number of hydrogen-bond donors (Lipinski definition) is 1. The predicted molar refractivity (Wildman–Crippen MR) is 119 cm³/mol. The van der Waals surface area contributed by atoms with Crippen LogP contribution in [0.1, 0.15) is 30.7 Å². The molecule has 4 aromatic heterocycles. The van der Waals surface area contributed by atoms with Crippen molar-refractivity contribution in [1.82, 2.24) is 29.7 Å². The van der Waals surface area contributed by atoms with Crippen molar-refractivity contribution < 1.29 is 21.6 Å². The molecule has 0 saturated heterocycles. The van der Waals surface area contributed by atoms with Crippen LogP contribution in [-0.4, -0.2) is 55.8 Å². The molecule has 1 aliphatic carbocycles. The highest BCUT2D eigenvalue weighted by molar-refractivity contribution is 7.91. The predicted octanol–water partition coefficient (Wildman–Crippen LogP) is 4.07. The van der Waals surface area contributed by atoms with Gasteiger partial charge in [-0.05, 0) is 42.9 Å². The van der Waals surface area contributed by atoms with Crippen molar-refractivity contribution in [2.45, 2.75) is 31.4 Å². The summed E-state index contributed by atoms with van der Waals surface area (Å²) in [5.74, 6) is -1.99. The summed E-state index contributed by atoms with van der Waals surface area (Å²) >= 11 is 0. The highest BCUT2D eigenvalue weighted by Crippen LogP contribution is 2.38. The average molecular weight is 491 g/mol. The molecule has 0 aromatic carbocycles. The molecule has 1 fully saturated rings. The van der Waals surface area contributed by atoms with Gasteiger partial charge in [0.1, 0.15) is 5.52 Å². The quantitative estimate of drug-likeness (QED) is 0.399. The average Bonchev–Trinajstić information content (AvgIpc) is 3.25. The third-order valence-corrected chi connectivity index (χ3v) is 7.76. The SMILES string of the molecule is O=S(=O)(CCC(c1ccc(-n2cc(-c3ccnc4[nH]cnc34)cn2)nc1)C(F)(F)F)CC1CC1. The van der Waals surface area contributed by atoms with Crippen molar-refractivity contribution in [3.8, 4) is 16.9 Å². The van der Waals surface area contributed by atoms with E-state index in [1.54, 1.807) is 31.0 Å². The van der Waals surface area contributed by atoms with Crippen LogP contribution in [-0.2, 0) is 9.84 Å². The number of pyridine rings is 2. The number of sulfone groups is 1. The van der Waals surface area contributed by atoms with E-state index in [1.807, 2.05) is 0 Å². The molecule has 0 spiro atoms. The van der Waals surface area contributed by atoms with Gasteiger partial charge in [0.25, 0.3) is 0 Å². The van der Waals surface area contributed by atoms with Crippen LogP contribution < -0.4 is 0 Å². The Labute approximate surface area is 193 Å². The van der Waals surface area contributed by atoms with Crippen molar-refractivity contribution in [3.05, 3.63) is 54.9 Å². The molecular weight excluding hydrogens is 469 g/mol. The van der Waals surface area contributed by atoms with Gasteiger partial charge in [0.05, 0.1) is 29.9 Å². The lowest BCUT2D eigenvalue weighted by atomic mass is 9.97. The smallest absolute Gasteiger partial charge is 0.329 e. The van der Waals surface area contributed by atoms with Gasteiger partial charge >= 0.3 is 6.18 Å². The number of aromatic amines is 1. The van der Waals surface area contributed by atoms with E-state index < -0.39 is 34.1 Å². The first-order valence-corrected chi connectivity index (χ1v) is 12.6. The lowest BCUT2D eigenvalue weighted by molar-refractivity contribution is -0.150. The van der Waals surface area contributed by atoms with Crippen LogP contribution in [0.25, 0.3) is 28.1 Å². The lowest BCUT2D eigenvalue weighted by Crippen LogP contribution is -2.25. The van der Waals surface area contributed by atoms with Crippen LogP contribution in [0.3, 0.4) is 0 Å². The number of nitrogens with one attached hydrogen (secondary N) is 1. The Morgan fingerprint density at radius 1 is 1.12 bits per heavy atom. The van der Waals surface area contributed by atoms with Crippen molar-refractivity contribution in [1.29, 1.82) is 0 Å². The Morgan fingerprint density at radius 2 is 1.94 bits per heavy atom. The molecule has 1 saturated carbocycles. The number of H-pyrrole nitrogens is 1. The largest absolute Gasteiger partial charge is 0.395 e. The van der Waals surface area contributed by atoms with Crippen molar-refractivity contribution >= 4 is 21.0 Å². The van der Waals surface area contributed by atoms with Crippen LogP contribution in [0, 0.1) is 5.92 Å². The first-order chi connectivity index (χ1) is 16.2. The molecule has 1 atom stereocenters. The van der Waals surface area contributed by atoms with Crippen LogP contribution in [0.15, 0.2) is 49.3 Å². The third kappa shape index (κ3) is 4.81. The van der Waals surface area contributed by atoms with E-state index in [4.69, 9.17) is 0 Å². The minimum atomic E-state index is -4.58. The molecule has 0 bridgehead atoms. The summed E-state index contributed by atoms with van der Waals surface area (Å²) in [5, 5.41) is 4.27. The number of alkyl halides is 3. The molecule has 0 radical (unpaired) electrons. The van der Waals surface area contributed by atoms with Gasteiger partial charge < -0.3 is 4.98 Å². The maximum absolute atomic E-state index is 13.7. The Morgan fingerprint density at radius 3 is 2.65 bits per heavy atom. The first-order valence-electron chi connectivity index (χ1n) is 10.8. The molecule has 34 heavy (non-hydrogen) atoms. The van der Waals surface area contributed by atoms with Crippen LogP contribution in [0.5, 0.6) is 0 Å². The third-order valence-electron chi connectivity index (χ3n) is 5.92. The molecule has 8 nitrogen and oxygen atoms in total. The van der Waals surface area contributed by atoms with E-state index in [-0.39, 0.29) is 17.2 Å². The molecular formula is C22H21F3N6O2S. The van der Waals surface area contributed by atoms with Crippen molar-refractivity contribution in [2.75, 3.05) is 11.5 Å². The summed E-state index contributed by atoms with van der Waals surface area (Å²) < 4.78 is 66.9. The lowest BCUT2D eigenvalue weighted by Gasteiger charge is -2.20. The number of nitrogens with zero attached hydrogens (tertiary/aromatic N) is 5. The van der Waals surface area contributed by atoms with Gasteiger partial charge in [-0.15, -0.1) is 0 Å². The van der Waals surface area contributed by atoms with E-state index in [1.165, 1.54) is 16.8 Å². The highest BCUT2D eigenvalue weighted by Gasteiger charge is 2.41. The highest BCUT2D eigenvalue weighted by atomic mass is 32.2. The maximum atomic E-state index is 13.7. The fourth-order valence-corrected chi connectivity index (χ4v) is 5.76.